The number of aromatic nitrogens is 4. The summed E-state index contributed by atoms with van der Waals surface area (Å²) in [6.45, 7) is 8.58. The van der Waals surface area contributed by atoms with Gasteiger partial charge in [0.2, 0.25) is 17.8 Å². The molecule has 0 radical (unpaired) electrons. The molecule has 0 bridgehead atoms. The molecule has 3 aromatic heterocycles. The van der Waals surface area contributed by atoms with Crippen LogP contribution in [-0.4, -0.2) is 117 Å². The molecule has 308 valence electrons. The molecule has 17 heteroatoms. The van der Waals surface area contributed by atoms with Gasteiger partial charge in [0.15, 0.2) is 5.78 Å². The molecule has 4 aliphatic rings. The van der Waals surface area contributed by atoms with E-state index in [1.54, 1.807) is 29.8 Å². The van der Waals surface area contributed by atoms with Crippen LogP contribution in [0.2, 0.25) is 0 Å². The maximum absolute atomic E-state index is 13.5. The minimum Gasteiger partial charge on any atom is -0.490 e. The zero-order valence-electron chi connectivity index (χ0n) is 33.2. The minimum atomic E-state index is -1.04. The van der Waals surface area contributed by atoms with Gasteiger partial charge in [-0.3, -0.25) is 48.5 Å². The number of imide groups is 2. The predicted molar refractivity (Wildman–Crippen MR) is 216 cm³/mol. The van der Waals surface area contributed by atoms with Crippen LogP contribution < -0.4 is 25.8 Å². The number of ether oxygens (including phenoxy) is 2. The van der Waals surface area contributed by atoms with Crippen LogP contribution in [0.15, 0.2) is 47.5 Å². The van der Waals surface area contributed by atoms with Crippen molar-refractivity contribution in [3.63, 3.8) is 0 Å². The van der Waals surface area contributed by atoms with Crippen LogP contribution in [-0.2, 0) is 14.3 Å². The van der Waals surface area contributed by atoms with E-state index in [2.05, 4.69) is 30.4 Å². The molecule has 17 nitrogen and oxygen atoms in total. The monoisotopic (exact) mass is 805 g/mol. The lowest BCUT2D eigenvalue weighted by Crippen LogP contribution is -2.54. The Kier molecular flexibility index (Phi) is 11.5. The van der Waals surface area contributed by atoms with E-state index < -0.39 is 29.7 Å². The Hall–Kier alpha value is -6.07. The predicted octanol–water partition coefficient (Wildman–Crippen LogP) is 3.57. The number of Topliss-reactive ketones (excluding diaryl/α,β-unsaturated/α-hetero) is 1. The highest BCUT2D eigenvalue weighted by molar-refractivity contribution is 6.24. The van der Waals surface area contributed by atoms with Crippen molar-refractivity contribution in [2.75, 3.05) is 62.8 Å². The Bertz CT molecular complexity index is 2370. The van der Waals surface area contributed by atoms with Crippen molar-refractivity contribution >= 4 is 57.9 Å². The molecule has 3 aliphatic heterocycles. The van der Waals surface area contributed by atoms with Crippen LogP contribution >= 0.6 is 0 Å². The summed E-state index contributed by atoms with van der Waals surface area (Å²) in [5.74, 6) is -1.35. The minimum absolute atomic E-state index is 0.000390. The van der Waals surface area contributed by atoms with Crippen molar-refractivity contribution in [2.45, 2.75) is 70.9 Å². The van der Waals surface area contributed by atoms with Crippen LogP contribution in [0.3, 0.4) is 0 Å². The Morgan fingerprint density at radius 3 is 2.44 bits per heavy atom. The molecule has 8 rings (SSSR count). The molecule has 6 heterocycles. The molecule has 1 saturated carbocycles. The molecule has 1 atom stereocenters. The fraction of sp³-hybridized carbons (Fsp3) is 0.452. The van der Waals surface area contributed by atoms with E-state index >= 15 is 0 Å². The highest BCUT2D eigenvalue weighted by Crippen LogP contribution is 2.34. The molecule has 2 saturated heterocycles. The number of amides is 4. The Morgan fingerprint density at radius 2 is 1.71 bits per heavy atom. The average Bonchev–Trinajstić information content (AvgIpc) is 3.84. The topological polar surface area (TPSA) is 198 Å². The van der Waals surface area contributed by atoms with Crippen LogP contribution in [0.1, 0.15) is 94.5 Å². The number of fused-ring (bicyclic) bond motifs is 2. The first-order valence-corrected chi connectivity index (χ1v) is 20.3. The van der Waals surface area contributed by atoms with Gasteiger partial charge in [0.25, 0.3) is 17.4 Å². The molecule has 1 aliphatic carbocycles. The third kappa shape index (κ3) is 8.04. The van der Waals surface area contributed by atoms with E-state index in [-0.39, 0.29) is 59.3 Å². The van der Waals surface area contributed by atoms with E-state index in [4.69, 9.17) is 14.5 Å². The van der Waals surface area contributed by atoms with Gasteiger partial charge in [-0.25, -0.2) is 9.97 Å². The highest BCUT2D eigenvalue weighted by Gasteiger charge is 2.46. The van der Waals surface area contributed by atoms with Gasteiger partial charge in [-0.05, 0) is 69.4 Å². The molecule has 4 aromatic rings. The standard InChI is InChI=1S/C42H47N9O8/c1-25-30-24-44-42(47-37(30)50(27-7-3-4-8-27)40(56)35(25)26(2)52)45-33-13-11-28(23-43-33)49-18-16-48(17-19-49)15-6-20-58-21-22-59-32-10-5-9-29-36(32)41(57)51(39(29)55)31-12-14-34(53)46-38(31)54/h5,9-11,13,23-24,27,31H,3-4,6-8,12,14-22H2,1-2H3,(H,46,53,54)(H,43,44,45,47). The number of carbonyl (C=O) groups excluding carboxylic acids is 5. The fourth-order valence-electron chi connectivity index (χ4n) is 8.61. The zero-order chi connectivity index (χ0) is 41.2. The van der Waals surface area contributed by atoms with Gasteiger partial charge in [0, 0.05) is 63.4 Å². The number of hydrogen-bond donors (Lipinski definition) is 2. The second kappa shape index (κ2) is 17.0. The second-order valence-electron chi connectivity index (χ2n) is 15.4. The molecule has 1 unspecified atom stereocenters. The van der Waals surface area contributed by atoms with Gasteiger partial charge in [-0.15, -0.1) is 0 Å². The summed E-state index contributed by atoms with van der Waals surface area (Å²) in [6.07, 6.45) is 8.30. The molecule has 59 heavy (non-hydrogen) atoms. The quantitative estimate of drug-likeness (QED) is 0.107. The van der Waals surface area contributed by atoms with Gasteiger partial charge >= 0.3 is 0 Å². The Morgan fingerprint density at radius 1 is 0.915 bits per heavy atom. The van der Waals surface area contributed by atoms with Crippen molar-refractivity contribution in [3.8, 4) is 5.75 Å². The number of piperidine rings is 1. The number of piperazine rings is 1. The Labute approximate surface area is 340 Å². The Balaban J connectivity index is 0.775. The largest absolute Gasteiger partial charge is 0.490 e. The lowest BCUT2D eigenvalue weighted by molar-refractivity contribution is -0.136. The first-order valence-electron chi connectivity index (χ1n) is 20.3. The van der Waals surface area contributed by atoms with Gasteiger partial charge in [-0.2, -0.15) is 4.98 Å². The summed E-state index contributed by atoms with van der Waals surface area (Å²) in [4.78, 5) is 95.8. The van der Waals surface area contributed by atoms with E-state index in [1.807, 2.05) is 18.3 Å². The summed E-state index contributed by atoms with van der Waals surface area (Å²) in [5.41, 5.74) is 2.36. The molecular formula is C42H47N9O8. The number of benzene rings is 1. The van der Waals surface area contributed by atoms with E-state index in [0.29, 0.717) is 41.6 Å². The third-order valence-corrected chi connectivity index (χ3v) is 11.7. The highest BCUT2D eigenvalue weighted by atomic mass is 16.5. The number of pyridine rings is 2. The summed E-state index contributed by atoms with van der Waals surface area (Å²) in [7, 11) is 0. The molecule has 2 N–H and O–H groups in total. The van der Waals surface area contributed by atoms with E-state index in [0.717, 1.165) is 75.4 Å². The van der Waals surface area contributed by atoms with E-state index in [1.165, 1.54) is 13.0 Å². The van der Waals surface area contributed by atoms with Crippen LogP contribution in [0.5, 0.6) is 5.75 Å². The van der Waals surface area contributed by atoms with Crippen molar-refractivity contribution < 1.29 is 33.4 Å². The first-order chi connectivity index (χ1) is 28.6. The number of aryl methyl sites for hydroxylation is 1. The van der Waals surface area contributed by atoms with Crippen LogP contribution in [0, 0.1) is 6.92 Å². The average molecular weight is 806 g/mol. The lowest BCUT2D eigenvalue weighted by Gasteiger charge is -2.36. The molecule has 1 aromatic carbocycles. The van der Waals surface area contributed by atoms with Gasteiger partial charge in [0.1, 0.15) is 29.9 Å². The van der Waals surface area contributed by atoms with E-state index in [9.17, 15) is 28.8 Å². The van der Waals surface area contributed by atoms with Crippen molar-refractivity contribution in [1.29, 1.82) is 0 Å². The smallest absolute Gasteiger partial charge is 0.266 e. The van der Waals surface area contributed by atoms with Crippen molar-refractivity contribution in [1.82, 2.24) is 34.6 Å². The molecule has 3 fully saturated rings. The van der Waals surface area contributed by atoms with Crippen LogP contribution in [0.25, 0.3) is 11.0 Å². The molecular weight excluding hydrogens is 759 g/mol. The number of nitrogens with zero attached hydrogens (tertiary/aromatic N) is 7. The summed E-state index contributed by atoms with van der Waals surface area (Å²) < 4.78 is 13.4. The SMILES string of the molecule is CC(=O)c1c(C)c2cnc(Nc3ccc(N4CCN(CCCOCCOc5cccc6c5C(=O)N(C5CCC(=O)NC5=O)C6=O)CC4)cn3)nc2n(C2CCCC2)c1=O. The summed E-state index contributed by atoms with van der Waals surface area (Å²) in [5, 5.41) is 6.09. The van der Waals surface area contributed by atoms with Gasteiger partial charge in [0.05, 0.1) is 35.2 Å². The van der Waals surface area contributed by atoms with Crippen LogP contribution in [0.4, 0.5) is 17.5 Å². The van der Waals surface area contributed by atoms with Crippen molar-refractivity contribution in [2.24, 2.45) is 0 Å². The molecule has 0 spiro atoms. The van der Waals surface area contributed by atoms with Gasteiger partial charge < -0.3 is 19.7 Å². The zero-order valence-corrected chi connectivity index (χ0v) is 33.2. The maximum Gasteiger partial charge on any atom is 0.266 e. The third-order valence-electron chi connectivity index (χ3n) is 11.7. The van der Waals surface area contributed by atoms with Gasteiger partial charge in [-0.1, -0.05) is 18.9 Å². The first kappa shape index (κ1) is 39.7. The number of hydrogen-bond acceptors (Lipinski definition) is 14. The number of rotatable bonds is 14. The number of nitrogens with one attached hydrogen (secondary N) is 2. The lowest BCUT2D eigenvalue weighted by atomic mass is 10.0. The summed E-state index contributed by atoms with van der Waals surface area (Å²) in [6, 6.07) is 7.65. The fourth-order valence-corrected chi connectivity index (χ4v) is 8.61. The molecule has 4 amide bonds. The maximum atomic E-state index is 13.5. The normalized spacial score (nSPS) is 18.8. The number of ketones is 1. The number of carbonyl (C=O) groups is 5. The second-order valence-corrected chi connectivity index (χ2v) is 15.4. The summed E-state index contributed by atoms with van der Waals surface area (Å²) >= 11 is 0. The number of anilines is 3. The van der Waals surface area contributed by atoms with Crippen molar-refractivity contribution in [3.05, 3.63) is 75.3 Å².